The van der Waals surface area contributed by atoms with Gasteiger partial charge < -0.3 is 9.15 Å². The third kappa shape index (κ3) is 4.53. The van der Waals surface area contributed by atoms with E-state index in [9.17, 15) is 4.79 Å². The molecule has 0 N–H and O–H groups in total. The molecule has 35 heavy (non-hydrogen) atoms. The first-order valence-electron chi connectivity index (χ1n) is 11.6. The van der Waals surface area contributed by atoms with Crippen molar-refractivity contribution in [2.75, 3.05) is 7.11 Å². The van der Waals surface area contributed by atoms with Crippen molar-refractivity contribution in [3.63, 3.8) is 0 Å². The molecule has 0 atom stereocenters. The van der Waals surface area contributed by atoms with Gasteiger partial charge in [-0.3, -0.25) is 0 Å². The van der Waals surface area contributed by atoms with Gasteiger partial charge >= 0.3 is 5.63 Å². The molecule has 5 aromatic rings. The van der Waals surface area contributed by atoms with Crippen molar-refractivity contribution in [1.82, 2.24) is 0 Å². The Morgan fingerprint density at radius 2 is 1.31 bits per heavy atom. The third-order valence-corrected chi connectivity index (χ3v) is 6.37. The van der Waals surface area contributed by atoms with Gasteiger partial charge in [0.05, 0.1) is 12.5 Å². The molecule has 0 saturated carbocycles. The fraction of sp³-hybridized carbons (Fsp3) is 0.0938. The van der Waals surface area contributed by atoms with Crippen molar-refractivity contribution in [1.29, 1.82) is 0 Å². The van der Waals surface area contributed by atoms with E-state index in [1.54, 1.807) is 7.11 Å². The summed E-state index contributed by atoms with van der Waals surface area (Å²) >= 11 is 0. The number of ether oxygens (including phenoxy) is 1. The lowest BCUT2D eigenvalue weighted by molar-refractivity contribution is 0.415. The molecular formula is C32H26O3. The average molecular weight is 459 g/mol. The summed E-state index contributed by atoms with van der Waals surface area (Å²) in [5.74, 6) is 1.32. The number of hydrogen-bond acceptors (Lipinski definition) is 3. The second-order valence-corrected chi connectivity index (χ2v) is 8.56. The summed E-state index contributed by atoms with van der Waals surface area (Å²) in [4.78, 5) is 12.9. The van der Waals surface area contributed by atoms with Gasteiger partial charge in [0.1, 0.15) is 11.5 Å². The molecular weight excluding hydrogens is 432 g/mol. The van der Waals surface area contributed by atoms with Crippen LogP contribution in [0.4, 0.5) is 0 Å². The maximum atomic E-state index is 12.9. The maximum Gasteiger partial charge on any atom is 0.344 e. The first kappa shape index (κ1) is 22.4. The van der Waals surface area contributed by atoms with Crippen LogP contribution < -0.4 is 10.4 Å². The Kier molecular flexibility index (Phi) is 6.32. The van der Waals surface area contributed by atoms with E-state index in [4.69, 9.17) is 9.15 Å². The molecule has 0 bridgehead atoms. The molecule has 0 amide bonds. The highest BCUT2D eigenvalue weighted by Crippen LogP contribution is 2.37. The van der Waals surface area contributed by atoms with E-state index >= 15 is 0 Å². The van der Waals surface area contributed by atoms with E-state index in [1.807, 2.05) is 60.7 Å². The molecule has 4 aromatic carbocycles. The van der Waals surface area contributed by atoms with Gasteiger partial charge in [-0.15, -0.1) is 0 Å². The van der Waals surface area contributed by atoms with Crippen LogP contribution in [-0.4, -0.2) is 7.11 Å². The summed E-state index contributed by atoms with van der Waals surface area (Å²) in [6.45, 7) is 4.55. The average Bonchev–Trinajstić information content (AvgIpc) is 2.92. The molecule has 3 heteroatoms. The van der Waals surface area contributed by atoms with Crippen molar-refractivity contribution >= 4 is 10.8 Å². The molecule has 1 heterocycles. The highest BCUT2D eigenvalue weighted by molar-refractivity contribution is 5.89. The van der Waals surface area contributed by atoms with Crippen LogP contribution in [0, 0.1) is 0 Å². The summed E-state index contributed by atoms with van der Waals surface area (Å²) in [5, 5.41) is 1.46. The van der Waals surface area contributed by atoms with Gasteiger partial charge in [0, 0.05) is 17.0 Å². The van der Waals surface area contributed by atoms with E-state index in [1.165, 1.54) is 11.1 Å². The molecule has 3 nitrogen and oxygen atoms in total. The van der Waals surface area contributed by atoms with Crippen molar-refractivity contribution in [2.45, 2.75) is 12.3 Å². The zero-order valence-corrected chi connectivity index (χ0v) is 19.6. The zero-order chi connectivity index (χ0) is 24.2. The number of benzene rings is 4. The Morgan fingerprint density at radius 1 is 0.771 bits per heavy atom. The van der Waals surface area contributed by atoms with Gasteiger partial charge in [-0.05, 0) is 53.3 Å². The van der Waals surface area contributed by atoms with Gasteiger partial charge in [-0.1, -0.05) is 91.0 Å². The normalized spacial score (nSPS) is 11.0. The van der Waals surface area contributed by atoms with E-state index in [0.717, 1.165) is 27.8 Å². The number of methoxy groups -OCH3 is 1. The van der Waals surface area contributed by atoms with E-state index in [2.05, 4.69) is 55.1 Å². The van der Waals surface area contributed by atoms with Gasteiger partial charge in [-0.25, -0.2) is 4.79 Å². The molecule has 0 fully saturated rings. The van der Waals surface area contributed by atoms with Crippen LogP contribution in [0.1, 0.15) is 22.6 Å². The van der Waals surface area contributed by atoms with E-state index in [0.29, 0.717) is 17.6 Å². The Bertz CT molecular complexity index is 1480. The maximum absolute atomic E-state index is 12.9. The van der Waals surface area contributed by atoms with E-state index < -0.39 is 0 Å². The zero-order valence-electron chi connectivity index (χ0n) is 19.6. The molecule has 0 aliphatic carbocycles. The molecule has 172 valence electrons. The fourth-order valence-corrected chi connectivity index (χ4v) is 4.69. The van der Waals surface area contributed by atoms with Crippen LogP contribution in [0.5, 0.6) is 5.75 Å². The molecule has 0 saturated heterocycles. The molecule has 0 spiro atoms. The van der Waals surface area contributed by atoms with Crippen LogP contribution in [0.2, 0.25) is 0 Å². The highest BCUT2D eigenvalue weighted by atomic mass is 16.5. The molecule has 0 radical (unpaired) electrons. The lowest BCUT2D eigenvalue weighted by Crippen LogP contribution is -2.10. The number of allylic oxidation sites excluding steroid dienone is 1. The quantitative estimate of drug-likeness (QED) is 0.239. The van der Waals surface area contributed by atoms with Crippen LogP contribution in [0.3, 0.4) is 0 Å². The predicted molar refractivity (Wildman–Crippen MR) is 142 cm³/mol. The monoisotopic (exact) mass is 458 g/mol. The topological polar surface area (TPSA) is 39.4 Å². The van der Waals surface area contributed by atoms with Crippen molar-refractivity contribution < 1.29 is 9.15 Å². The second kappa shape index (κ2) is 9.86. The Balaban J connectivity index is 1.66. The largest absolute Gasteiger partial charge is 0.497 e. The summed E-state index contributed by atoms with van der Waals surface area (Å²) in [6.07, 6.45) is 0.556. The molecule has 0 unspecified atom stereocenters. The summed E-state index contributed by atoms with van der Waals surface area (Å²) < 4.78 is 11.3. The van der Waals surface area contributed by atoms with Gasteiger partial charge in [0.25, 0.3) is 0 Å². The Labute approximate surface area is 204 Å². The minimum absolute atomic E-state index is 0.00630. The van der Waals surface area contributed by atoms with Crippen LogP contribution in [0.15, 0.2) is 131 Å². The highest BCUT2D eigenvalue weighted by Gasteiger charge is 2.22. The lowest BCUT2D eigenvalue weighted by Gasteiger charge is -2.22. The minimum atomic E-state index is -0.344. The molecule has 5 rings (SSSR count). The van der Waals surface area contributed by atoms with E-state index in [-0.39, 0.29) is 11.5 Å². The fourth-order valence-electron chi connectivity index (χ4n) is 4.69. The minimum Gasteiger partial charge on any atom is -0.497 e. The Morgan fingerprint density at radius 3 is 1.89 bits per heavy atom. The molecule has 1 aromatic heterocycles. The summed E-state index contributed by atoms with van der Waals surface area (Å²) in [7, 11) is 1.63. The molecule has 0 aliphatic heterocycles. The first-order valence-corrected chi connectivity index (χ1v) is 11.6. The smallest absolute Gasteiger partial charge is 0.344 e. The molecule has 0 aliphatic rings. The van der Waals surface area contributed by atoms with Crippen molar-refractivity contribution in [3.8, 4) is 17.1 Å². The first-order chi connectivity index (χ1) is 17.2. The number of hydrogen-bond donors (Lipinski definition) is 0. The third-order valence-electron chi connectivity index (χ3n) is 6.37. The summed E-state index contributed by atoms with van der Waals surface area (Å²) in [5.41, 5.74) is 4.81. The Hall–Kier alpha value is -4.37. The number of rotatable bonds is 7. The number of fused-ring (bicyclic) bond motifs is 1. The van der Waals surface area contributed by atoms with Gasteiger partial charge in [0.2, 0.25) is 0 Å². The van der Waals surface area contributed by atoms with Crippen LogP contribution in [0.25, 0.3) is 22.1 Å². The van der Waals surface area contributed by atoms with Crippen molar-refractivity contribution in [2.24, 2.45) is 0 Å². The summed E-state index contributed by atoms with van der Waals surface area (Å²) in [6, 6.07) is 36.0. The van der Waals surface area contributed by atoms with Gasteiger partial charge in [0.15, 0.2) is 0 Å². The van der Waals surface area contributed by atoms with Crippen LogP contribution in [-0.2, 0) is 6.42 Å². The lowest BCUT2D eigenvalue weighted by atomic mass is 9.82. The van der Waals surface area contributed by atoms with Crippen LogP contribution >= 0.6 is 0 Å². The SMILES string of the molecule is C=C(Cc1c(-c2ccc(OC)cc2)oc(=O)c2ccccc12)C(c1ccccc1)c1ccccc1. The van der Waals surface area contributed by atoms with Crippen molar-refractivity contribution in [3.05, 3.63) is 148 Å². The predicted octanol–water partition coefficient (Wildman–Crippen LogP) is 7.40. The second-order valence-electron chi connectivity index (χ2n) is 8.56. The standard InChI is InChI=1S/C32H26O3/c1-22(30(23-11-5-3-6-12-23)24-13-7-4-8-14-24)21-29-27-15-9-10-16-28(27)32(33)35-31(29)25-17-19-26(34-2)20-18-25/h3-20,30H,1,21H2,2H3. The van der Waals surface area contributed by atoms with Gasteiger partial charge in [-0.2, -0.15) is 0 Å².